The van der Waals surface area contributed by atoms with E-state index in [1.807, 2.05) is 41.8 Å². The third-order valence-corrected chi connectivity index (χ3v) is 7.18. The van der Waals surface area contributed by atoms with E-state index in [0.29, 0.717) is 39.7 Å². The predicted octanol–water partition coefficient (Wildman–Crippen LogP) is 5.43. The van der Waals surface area contributed by atoms with E-state index in [1.165, 1.54) is 22.2 Å². The molecule has 0 atom stereocenters. The molecular formula is C26H19ClN6O2S. The highest BCUT2D eigenvalue weighted by Crippen LogP contribution is 2.30. The van der Waals surface area contributed by atoms with Crippen molar-refractivity contribution in [1.82, 2.24) is 19.7 Å². The number of fused-ring (bicyclic) bond motifs is 1. The van der Waals surface area contributed by atoms with Crippen molar-refractivity contribution in [3.63, 3.8) is 0 Å². The van der Waals surface area contributed by atoms with E-state index in [9.17, 15) is 9.59 Å². The topological polar surface area (TPSA) is 93.0 Å². The number of anilines is 3. The molecule has 178 valence electrons. The Labute approximate surface area is 214 Å². The second-order valence-electron chi connectivity index (χ2n) is 8.27. The van der Waals surface area contributed by atoms with Gasteiger partial charge in [0.25, 0.3) is 5.56 Å². The fraction of sp³-hybridized carbons (Fsp3) is 0.115. The van der Waals surface area contributed by atoms with Crippen LogP contribution in [0.2, 0.25) is 5.02 Å². The standard InChI is InChI=1S/C26H19ClN6O2S/c27-19-5-1-2-6-20(19)33-25(35)18-15-28-26(30-23(18)24(31-33)21-7-4-14-36-21)29-16-9-11-17(12-10-16)32-13-3-8-22(32)34/h1-2,4-7,9-12,14-15H,3,8,13H2,(H,28,29,30). The smallest absolute Gasteiger partial charge is 0.282 e. The minimum atomic E-state index is -0.357. The average molecular weight is 515 g/mol. The third kappa shape index (κ3) is 4.02. The number of benzene rings is 2. The second-order valence-corrected chi connectivity index (χ2v) is 9.63. The number of aromatic nitrogens is 4. The zero-order valence-corrected chi connectivity index (χ0v) is 20.5. The molecule has 5 aromatic rings. The molecule has 2 aromatic carbocycles. The number of halogens is 1. The molecule has 36 heavy (non-hydrogen) atoms. The Kier molecular flexibility index (Phi) is 5.71. The first-order valence-corrected chi connectivity index (χ1v) is 12.6. The van der Waals surface area contributed by atoms with Gasteiger partial charge in [-0.2, -0.15) is 9.78 Å². The van der Waals surface area contributed by atoms with E-state index >= 15 is 0 Å². The molecule has 0 radical (unpaired) electrons. The summed E-state index contributed by atoms with van der Waals surface area (Å²) < 4.78 is 1.30. The monoisotopic (exact) mass is 514 g/mol. The molecule has 4 heterocycles. The molecule has 1 aliphatic heterocycles. The number of nitrogens with one attached hydrogen (secondary N) is 1. The first kappa shape index (κ1) is 22.4. The molecule has 1 fully saturated rings. The van der Waals surface area contributed by atoms with Crippen LogP contribution in [0.3, 0.4) is 0 Å². The molecule has 8 nitrogen and oxygen atoms in total. The second kappa shape index (κ2) is 9.18. The van der Waals surface area contributed by atoms with Gasteiger partial charge in [-0.1, -0.05) is 29.8 Å². The number of carbonyl (C=O) groups is 1. The highest BCUT2D eigenvalue weighted by molar-refractivity contribution is 7.13. The normalized spacial score (nSPS) is 13.5. The van der Waals surface area contributed by atoms with Crippen molar-refractivity contribution in [3.8, 4) is 16.3 Å². The molecule has 0 unspecified atom stereocenters. The minimum absolute atomic E-state index is 0.143. The van der Waals surface area contributed by atoms with Crippen molar-refractivity contribution in [1.29, 1.82) is 0 Å². The van der Waals surface area contributed by atoms with Crippen molar-refractivity contribution in [2.75, 3.05) is 16.8 Å². The number of hydrogen-bond acceptors (Lipinski definition) is 7. The Morgan fingerprint density at radius 2 is 1.83 bits per heavy atom. The van der Waals surface area contributed by atoms with E-state index in [0.717, 1.165) is 29.2 Å². The summed E-state index contributed by atoms with van der Waals surface area (Å²) in [4.78, 5) is 37.1. The Hall–Kier alpha value is -4.08. The van der Waals surface area contributed by atoms with Crippen LogP contribution in [0.25, 0.3) is 27.2 Å². The van der Waals surface area contributed by atoms with Gasteiger partial charge in [0.2, 0.25) is 11.9 Å². The largest absolute Gasteiger partial charge is 0.324 e. The van der Waals surface area contributed by atoms with Gasteiger partial charge in [-0.25, -0.2) is 9.97 Å². The zero-order valence-electron chi connectivity index (χ0n) is 18.9. The summed E-state index contributed by atoms with van der Waals surface area (Å²) in [6.07, 6.45) is 2.97. The van der Waals surface area contributed by atoms with Crippen LogP contribution in [0, 0.1) is 0 Å². The van der Waals surface area contributed by atoms with Gasteiger partial charge in [-0.05, 0) is 54.3 Å². The number of carbonyl (C=O) groups excluding carboxylic acids is 1. The maximum Gasteiger partial charge on any atom is 0.282 e. The van der Waals surface area contributed by atoms with Crippen LogP contribution in [-0.2, 0) is 4.79 Å². The maximum absolute atomic E-state index is 13.4. The molecule has 1 N–H and O–H groups in total. The van der Waals surface area contributed by atoms with Crippen LogP contribution in [0.1, 0.15) is 12.8 Å². The van der Waals surface area contributed by atoms with Crippen molar-refractivity contribution in [2.45, 2.75) is 12.8 Å². The Morgan fingerprint density at radius 1 is 1.00 bits per heavy atom. The summed E-state index contributed by atoms with van der Waals surface area (Å²) in [7, 11) is 0. The summed E-state index contributed by atoms with van der Waals surface area (Å²) in [5.41, 5.74) is 2.77. The summed E-state index contributed by atoms with van der Waals surface area (Å²) in [5, 5.41) is 10.6. The van der Waals surface area contributed by atoms with E-state index in [-0.39, 0.29) is 11.5 Å². The van der Waals surface area contributed by atoms with Gasteiger partial charge in [0.1, 0.15) is 11.2 Å². The predicted molar refractivity (Wildman–Crippen MR) is 143 cm³/mol. The van der Waals surface area contributed by atoms with Gasteiger partial charge in [0, 0.05) is 30.5 Å². The lowest BCUT2D eigenvalue weighted by molar-refractivity contribution is -0.117. The number of para-hydroxylation sites is 1. The first-order chi connectivity index (χ1) is 17.6. The van der Waals surface area contributed by atoms with Crippen LogP contribution in [-0.4, -0.2) is 32.2 Å². The van der Waals surface area contributed by atoms with Crippen LogP contribution < -0.4 is 15.8 Å². The van der Waals surface area contributed by atoms with Gasteiger partial charge in [0.15, 0.2) is 0 Å². The average Bonchev–Trinajstić information content (AvgIpc) is 3.58. The molecule has 0 saturated carbocycles. The molecule has 1 amide bonds. The maximum atomic E-state index is 13.4. The first-order valence-electron chi connectivity index (χ1n) is 11.3. The van der Waals surface area contributed by atoms with Crippen molar-refractivity contribution in [2.24, 2.45) is 0 Å². The SMILES string of the molecule is O=C1CCCN1c1ccc(Nc2ncc3c(=O)n(-c4ccccc4Cl)nc(-c4cccs4)c3n2)cc1. The number of rotatable bonds is 5. The number of thiophene rings is 1. The number of amides is 1. The van der Waals surface area contributed by atoms with Crippen LogP contribution in [0.5, 0.6) is 0 Å². The van der Waals surface area contributed by atoms with Crippen LogP contribution >= 0.6 is 22.9 Å². The molecule has 1 saturated heterocycles. The number of hydrogen-bond donors (Lipinski definition) is 1. The van der Waals surface area contributed by atoms with E-state index in [4.69, 9.17) is 11.6 Å². The van der Waals surface area contributed by atoms with Crippen LogP contribution in [0.4, 0.5) is 17.3 Å². The Balaban J connectivity index is 1.41. The van der Waals surface area contributed by atoms with Gasteiger partial charge < -0.3 is 10.2 Å². The lowest BCUT2D eigenvalue weighted by Crippen LogP contribution is -2.23. The fourth-order valence-corrected chi connectivity index (χ4v) is 5.15. The molecule has 6 rings (SSSR count). The molecule has 0 spiro atoms. The van der Waals surface area contributed by atoms with Crippen molar-refractivity contribution >= 4 is 57.1 Å². The lowest BCUT2D eigenvalue weighted by Gasteiger charge is -2.16. The molecule has 0 aliphatic carbocycles. The highest BCUT2D eigenvalue weighted by atomic mass is 35.5. The third-order valence-electron chi connectivity index (χ3n) is 5.98. The lowest BCUT2D eigenvalue weighted by atomic mass is 10.2. The van der Waals surface area contributed by atoms with Crippen molar-refractivity contribution in [3.05, 3.63) is 87.6 Å². The summed E-state index contributed by atoms with van der Waals surface area (Å²) >= 11 is 7.88. The number of nitrogens with zero attached hydrogens (tertiary/aromatic N) is 5. The summed E-state index contributed by atoms with van der Waals surface area (Å²) in [6, 6.07) is 18.5. The van der Waals surface area contributed by atoms with Crippen LogP contribution in [0.15, 0.2) is 77.0 Å². The fourth-order valence-electron chi connectivity index (χ4n) is 4.23. The molecule has 0 bridgehead atoms. The molecule has 3 aromatic heterocycles. The van der Waals surface area contributed by atoms with Gasteiger partial charge in [-0.3, -0.25) is 9.59 Å². The van der Waals surface area contributed by atoms with E-state index < -0.39 is 0 Å². The quantitative estimate of drug-likeness (QED) is 0.336. The van der Waals surface area contributed by atoms with Gasteiger partial charge in [-0.15, -0.1) is 11.3 Å². The van der Waals surface area contributed by atoms with Gasteiger partial charge in [0.05, 0.1) is 21.0 Å². The summed E-state index contributed by atoms with van der Waals surface area (Å²) in [6.45, 7) is 0.740. The molecular weight excluding hydrogens is 496 g/mol. The highest BCUT2D eigenvalue weighted by Gasteiger charge is 2.22. The Morgan fingerprint density at radius 3 is 2.56 bits per heavy atom. The summed E-state index contributed by atoms with van der Waals surface area (Å²) in [5.74, 6) is 0.478. The van der Waals surface area contributed by atoms with Crippen molar-refractivity contribution < 1.29 is 4.79 Å². The van der Waals surface area contributed by atoms with Gasteiger partial charge >= 0.3 is 0 Å². The van der Waals surface area contributed by atoms with E-state index in [2.05, 4.69) is 20.4 Å². The zero-order chi connectivity index (χ0) is 24.6. The minimum Gasteiger partial charge on any atom is -0.324 e. The molecule has 10 heteroatoms. The van der Waals surface area contributed by atoms with E-state index in [1.54, 1.807) is 29.2 Å². The molecule has 1 aliphatic rings. The Bertz CT molecular complexity index is 1650.